The lowest BCUT2D eigenvalue weighted by Gasteiger charge is -2.27. The Morgan fingerprint density at radius 2 is 2.10 bits per heavy atom. The molecule has 0 saturated carbocycles. The summed E-state index contributed by atoms with van der Waals surface area (Å²) in [6, 6.07) is 3.98. The van der Waals surface area contributed by atoms with Crippen LogP contribution in [-0.2, 0) is 13.0 Å². The van der Waals surface area contributed by atoms with Gasteiger partial charge in [-0.2, -0.15) is 20.1 Å². The number of nitrogen functional groups attached to an aromatic ring is 1. The Kier molecular flexibility index (Phi) is 2.81. The minimum absolute atomic E-state index is 0.210. The van der Waals surface area contributed by atoms with Crippen LogP contribution in [0.4, 0.5) is 11.9 Å². The second-order valence-electron chi connectivity index (χ2n) is 4.78. The number of fused-ring (bicyclic) bond motifs is 1. The molecule has 4 heterocycles. The summed E-state index contributed by atoms with van der Waals surface area (Å²) in [5, 5.41) is 6.26. The van der Waals surface area contributed by atoms with Gasteiger partial charge in [-0.3, -0.25) is 0 Å². The first kappa shape index (κ1) is 12.3. The summed E-state index contributed by atoms with van der Waals surface area (Å²) in [7, 11) is 0. The number of hydrogen-bond donors (Lipinski definition) is 1. The van der Waals surface area contributed by atoms with E-state index in [1.807, 2.05) is 17.4 Å². The number of thiophene rings is 1. The molecule has 21 heavy (non-hydrogen) atoms. The molecule has 0 saturated heterocycles. The minimum Gasteiger partial charge on any atom is -0.368 e. The molecule has 1 aliphatic heterocycles. The Bertz CT molecular complexity index is 765. The van der Waals surface area contributed by atoms with E-state index in [2.05, 4.69) is 36.4 Å². The fourth-order valence-electron chi connectivity index (χ4n) is 2.42. The van der Waals surface area contributed by atoms with Gasteiger partial charge in [-0.15, -0.1) is 11.3 Å². The van der Waals surface area contributed by atoms with Crippen molar-refractivity contribution < 1.29 is 0 Å². The molecule has 106 valence electrons. The van der Waals surface area contributed by atoms with Gasteiger partial charge in [0, 0.05) is 30.4 Å². The van der Waals surface area contributed by atoms with E-state index in [9.17, 15) is 0 Å². The van der Waals surface area contributed by atoms with Gasteiger partial charge >= 0.3 is 0 Å². The van der Waals surface area contributed by atoms with Gasteiger partial charge in [0.2, 0.25) is 11.9 Å². The molecule has 0 fully saturated rings. The Morgan fingerprint density at radius 3 is 2.95 bits per heavy atom. The van der Waals surface area contributed by atoms with Crippen molar-refractivity contribution in [3.63, 3.8) is 0 Å². The maximum Gasteiger partial charge on any atom is 0.257 e. The van der Waals surface area contributed by atoms with Gasteiger partial charge in [-0.25, -0.2) is 4.68 Å². The fraction of sp³-hybridized carbons (Fsp3) is 0.231. The van der Waals surface area contributed by atoms with Crippen LogP contribution in [-0.4, -0.2) is 31.3 Å². The third kappa shape index (κ3) is 2.23. The largest absolute Gasteiger partial charge is 0.368 e. The maximum atomic E-state index is 5.82. The second kappa shape index (κ2) is 4.81. The molecule has 0 aliphatic carbocycles. The van der Waals surface area contributed by atoms with Crippen LogP contribution < -0.4 is 10.6 Å². The molecule has 0 spiro atoms. The summed E-state index contributed by atoms with van der Waals surface area (Å²) in [5.74, 6) is 1.25. The molecular weight excluding hydrogens is 286 g/mol. The van der Waals surface area contributed by atoms with E-state index in [0.717, 1.165) is 19.5 Å². The van der Waals surface area contributed by atoms with Crippen LogP contribution in [0.15, 0.2) is 29.9 Å². The molecule has 3 aromatic rings. The van der Waals surface area contributed by atoms with Crippen molar-refractivity contribution in [2.45, 2.75) is 13.0 Å². The van der Waals surface area contributed by atoms with E-state index in [-0.39, 0.29) is 5.95 Å². The topological polar surface area (TPSA) is 85.8 Å². The fourth-order valence-corrected chi connectivity index (χ4v) is 3.31. The van der Waals surface area contributed by atoms with E-state index >= 15 is 0 Å². The highest BCUT2D eigenvalue weighted by molar-refractivity contribution is 7.10. The van der Waals surface area contributed by atoms with Crippen molar-refractivity contribution in [3.05, 3.63) is 40.3 Å². The number of nitrogens with two attached hydrogens (primary N) is 1. The van der Waals surface area contributed by atoms with Crippen LogP contribution in [0.25, 0.3) is 5.95 Å². The number of anilines is 2. The summed E-state index contributed by atoms with van der Waals surface area (Å²) in [6.45, 7) is 1.69. The summed E-state index contributed by atoms with van der Waals surface area (Å²) >= 11 is 1.81. The molecule has 0 unspecified atom stereocenters. The quantitative estimate of drug-likeness (QED) is 0.767. The van der Waals surface area contributed by atoms with Gasteiger partial charge < -0.3 is 10.6 Å². The summed E-state index contributed by atoms with van der Waals surface area (Å²) in [5.41, 5.74) is 7.16. The van der Waals surface area contributed by atoms with Crippen LogP contribution in [0.5, 0.6) is 0 Å². The monoisotopic (exact) mass is 299 g/mol. The zero-order valence-corrected chi connectivity index (χ0v) is 12.0. The van der Waals surface area contributed by atoms with Crippen molar-refractivity contribution in [2.75, 3.05) is 17.2 Å². The van der Waals surface area contributed by atoms with E-state index in [1.165, 1.54) is 10.4 Å². The van der Waals surface area contributed by atoms with E-state index in [4.69, 9.17) is 5.73 Å². The third-order valence-corrected chi connectivity index (χ3v) is 4.45. The molecular formula is C13H13N7S. The van der Waals surface area contributed by atoms with E-state index in [0.29, 0.717) is 11.9 Å². The average molecular weight is 299 g/mol. The molecule has 7 nitrogen and oxygen atoms in total. The third-order valence-electron chi connectivity index (χ3n) is 3.43. The minimum atomic E-state index is 0.210. The first-order valence-electron chi connectivity index (χ1n) is 6.61. The maximum absolute atomic E-state index is 5.82. The molecule has 1 aliphatic rings. The van der Waals surface area contributed by atoms with Crippen LogP contribution >= 0.6 is 11.3 Å². The Labute approximate surface area is 125 Å². The normalized spacial score (nSPS) is 14.2. The standard InChI is InChI=1S/C13H13N7S/c14-11-16-12(18-13(17-11)20-5-1-4-15-20)19-6-2-10-9(8-19)3-7-21-10/h1,3-5,7H,2,6,8H2,(H2,14,16,17,18). The van der Waals surface area contributed by atoms with Gasteiger partial charge in [-0.05, 0) is 29.5 Å². The Balaban J connectivity index is 1.70. The van der Waals surface area contributed by atoms with Crippen molar-refractivity contribution in [3.8, 4) is 5.95 Å². The zero-order valence-electron chi connectivity index (χ0n) is 11.2. The predicted octanol–water partition coefficient (Wildman–Crippen LogP) is 1.26. The number of aromatic nitrogens is 5. The van der Waals surface area contributed by atoms with Crippen LogP contribution in [0.1, 0.15) is 10.4 Å². The lowest BCUT2D eigenvalue weighted by atomic mass is 10.1. The highest BCUT2D eigenvalue weighted by Crippen LogP contribution is 2.26. The molecule has 0 radical (unpaired) electrons. The highest BCUT2D eigenvalue weighted by atomic mass is 32.1. The molecule has 0 aromatic carbocycles. The number of rotatable bonds is 2. The van der Waals surface area contributed by atoms with Crippen molar-refractivity contribution in [1.82, 2.24) is 24.7 Å². The first-order valence-corrected chi connectivity index (χ1v) is 7.49. The Hall–Kier alpha value is -2.48. The van der Waals surface area contributed by atoms with Crippen LogP contribution in [0.2, 0.25) is 0 Å². The molecule has 0 atom stereocenters. The van der Waals surface area contributed by atoms with Gasteiger partial charge in [0.1, 0.15) is 0 Å². The molecule has 3 aromatic heterocycles. The lowest BCUT2D eigenvalue weighted by Crippen LogP contribution is -2.31. The van der Waals surface area contributed by atoms with Crippen molar-refractivity contribution in [2.24, 2.45) is 0 Å². The van der Waals surface area contributed by atoms with Gasteiger partial charge in [0.05, 0.1) is 0 Å². The van der Waals surface area contributed by atoms with Gasteiger partial charge in [-0.1, -0.05) is 0 Å². The summed E-state index contributed by atoms with van der Waals surface area (Å²) in [6.07, 6.45) is 4.47. The smallest absolute Gasteiger partial charge is 0.257 e. The van der Waals surface area contributed by atoms with Gasteiger partial charge in [0.15, 0.2) is 0 Å². The zero-order chi connectivity index (χ0) is 14.2. The van der Waals surface area contributed by atoms with Crippen LogP contribution in [0.3, 0.4) is 0 Å². The van der Waals surface area contributed by atoms with Crippen molar-refractivity contribution in [1.29, 1.82) is 0 Å². The SMILES string of the molecule is Nc1nc(N2CCc3sccc3C2)nc(-n2cccn2)n1. The van der Waals surface area contributed by atoms with Gasteiger partial charge in [0.25, 0.3) is 5.95 Å². The van der Waals surface area contributed by atoms with E-state index < -0.39 is 0 Å². The average Bonchev–Trinajstić information content (AvgIpc) is 3.17. The molecule has 0 amide bonds. The predicted molar refractivity (Wildman–Crippen MR) is 80.4 cm³/mol. The Morgan fingerprint density at radius 1 is 1.19 bits per heavy atom. The van der Waals surface area contributed by atoms with Crippen molar-refractivity contribution >= 4 is 23.2 Å². The molecule has 2 N–H and O–H groups in total. The second-order valence-corrected chi connectivity index (χ2v) is 5.79. The molecule has 0 bridgehead atoms. The van der Waals surface area contributed by atoms with Crippen LogP contribution in [0, 0.1) is 0 Å². The first-order chi connectivity index (χ1) is 10.3. The summed E-state index contributed by atoms with van der Waals surface area (Å²) in [4.78, 5) is 16.5. The highest BCUT2D eigenvalue weighted by Gasteiger charge is 2.20. The molecule has 8 heteroatoms. The summed E-state index contributed by atoms with van der Waals surface area (Å²) < 4.78 is 1.58. The number of nitrogens with zero attached hydrogens (tertiary/aromatic N) is 6. The number of hydrogen-bond acceptors (Lipinski definition) is 7. The lowest BCUT2D eigenvalue weighted by molar-refractivity contribution is 0.703. The molecule has 4 rings (SSSR count). The van der Waals surface area contributed by atoms with E-state index in [1.54, 1.807) is 17.1 Å².